The summed E-state index contributed by atoms with van der Waals surface area (Å²) >= 11 is 0. The predicted molar refractivity (Wildman–Crippen MR) is 120 cm³/mol. The number of imidazole rings is 1. The Morgan fingerprint density at radius 2 is 1.93 bits per heavy atom. The quantitative estimate of drug-likeness (QED) is 0.508. The fourth-order valence-electron chi connectivity index (χ4n) is 4.55. The van der Waals surface area contributed by atoms with Crippen LogP contribution in [0.5, 0.6) is 5.75 Å². The molecule has 0 aliphatic carbocycles. The zero-order valence-corrected chi connectivity index (χ0v) is 18.2. The average Bonchev–Trinajstić information content (AvgIpc) is 3.34. The largest absolute Gasteiger partial charge is 0.494 e. The molecule has 1 atom stereocenters. The lowest BCUT2D eigenvalue weighted by atomic mass is 10.1. The summed E-state index contributed by atoms with van der Waals surface area (Å²) < 4.78 is 8.32. The standard InChI is InChI=1S/C25H31N3O2/c1-4-24(29)27-12-7-11-23(27)25-26-21-9-5-6-10-22(21)28(25)13-8-14-30-20-16-18(2)15-19(3)17-20/h5-6,9-10,15-17,23H,4,7-8,11-14H2,1-3H3/t23-/m1/s1. The number of fused-ring (bicyclic) bond motifs is 1. The predicted octanol–water partition coefficient (Wildman–Crippen LogP) is 5.20. The van der Waals surface area contributed by atoms with Crippen molar-refractivity contribution in [2.24, 2.45) is 0 Å². The maximum Gasteiger partial charge on any atom is 0.222 e. The first-order valence-corrected chi connectivity index (χ1v) is 11.0. The summed E-state index contributed by atoms with van der Waals surface area (Å²) in [6.07, 6.45) is 3.44. The number of rotatable bonds is 7. The van der Waals surface area contributed by atoms with Gasteiger partial charge in [-0.15, -0.1) is 0 Å². The van der Waals surface area contributed by atoms with Gasteiger partial charge in [-0.2, -0.15) is 0 Å². The number of carbonyl (C=O) groups excluding carboxylic acids is 1. The van der Waals surface area contributed by atoms with Crippen LogP contribution in [0.1, 0.15) is 55.6 Å². The molecule has 0 radical (unpaired) electrons. The molecular weight excluding hydrogens is 374 g/mol. The van der Waals surface area contributed by atoms with E-state index in [1.807, 2.05) is 17.9 Å². The highest BCUT2D eigenvalue weighted by atomic mass is 16.5. The molecule has 0 spiro atoms. The highest BCUT2D eigenvalue weighted by Crippen LogP contribution is 2.34. The SMILES string of the molecule is CCC(=O)N1CCC[C@@H]1c1nc2ccccc2n1CCCOc1cc(C)cc(C)c1. The number of aromatic nitrogens is 2. The monoisotopic (exact) mass is 405 g/mol. The van der Waals surface area contributed by atoms with Gasteiger partial charge in [0.25, 0.3) is 0 Å². The van der Waals surface area contributed by atoms with Gasteiger partial charge in [-0.25, -0.2) is 4.98 Å². The van der Waals surface area contributed by atoms with Crippen molar-refractivity contribution >= 4 is 16.9 Å². The number of nitrogens with zero attached hydrogens (tertiary/aromatic N) is 3. The van der Waals surface area contributed by atoms with Gasteiger partial charge in [0, 0.05) is 19.5 Å². The van der Waals surface area contributed by atoms with Crippen molar-refractivity contribution in [3.05, 3.63) is 59.4 Å². The van der Waals surface area contributed by atoms with Crippen molar-refractivity contribution in [1.29, 1.82) is 0 Å². The van der Waals surface area contributed by atoms with Crippen molar-refractivity contribution in [1.82, 2.24) is 14.5 Å². The number of likely N-dealkylation sites (tertiary alicyclic amines) is 1. The molecule has 1 amide bonds. The molecule has 1 aliphatic heterocycles. The van der Waals surface area contributed by atoms with Gasteiger partial charge in [0.2, 0.25) is 5.91 Å². The molecule has 0 unspecified atom stereocenters. The Hall–Kier alpha value is -2.82. The molecule has 0 N–H and O–H groups in total. The molecule has 5 nitrogen and oxygen atoms in total. The van der Waals surface area contributed by atoms with E-state index in [9.17, 15) is 4.79 Å². The normalized spacial score (nSPS) is 16.4. The van der Waals surface area contributed by atoms with Gasteiger partial charge in [-0.3, -0.25) is 4.79 Å². The van der Waals surface area contributed by atoms with Crippen LogP contribution in [0.2, 0.25) is 0 Å². The van der Waals surface area contributed by atoms with Gasteiger partial charge < -0.3 is 14.2 Å². The minimum absolute atomic E-state index is 0.0743. The van der Waals surface area contributed by atoms with Crippen LogP contribution in [-0.2, 0) is 11.3 Å². The first kappa shape index (κ1) is 20.5. The Kier molecular flexibility index (Phi) is 6.07. The van der Waals surface area contributed by atoms with E-state index in [0.717, 1.165) is 55.0 Å². The van der Waals surface area contributed by atoms with Crippen LogP contribution in [0.25, 0.3) is 11.0 Å². The van der Waals surface area contributed by atoms with Gasteiger partial charge >= 0.3 is 0 Å². The van der Waals surface area contributed by atoms with Crippen molar-refractivity contribution in [3.8, 4) is 5.75 Å². The molecule has 1 fully saturated rings. The van der Waals surface area contributed by atoms with Crippen LogP contribution in [-0.4, -0.2) is 33.5 Å². The minimum atomic E-state index is 0.0743. The van der Waals surface area contributed by atoms with E-state index in [4.69, 9.17) is 9.72 Å². The molecule has 158 valence electrons. The van der Waals surface area contributed by atoms with Crippen molar-refractivity contribution in [2.75, 3.05) is 13.2 Å². The van der Waals surface area contributed by atoms with Crippen LogP contribution in [0.4, 0.5) is 0 Å². The zero-order valence-electron chi connectivity index (χ0n) is 18.2. The van der Waals surface area contributed by atoms with E-state index < -0.39 is 0 Å². The maximum atomic E-state index is 12.5. The third-order valence-corrected chi connectivity index (χ3v) is 5.85. The van der Waals surface area contributed by atoms with Gasteiger partial charge in [0.1, 0.15) is 11.6 Å². The van der Waals surface area contributed by atoms with Crippen molar-refractivity contribution in [3.63, 3.8) is 0 Å². The average molecular weight is 406 g/mol. The second-order valence-electron chi connectivity index (χ2n) is 8.23. The molecule has 1 aromatic heterocycles. The second-order valence-corrected chi connectivity index (χ2v) is 8.23. The summed E-state index contributed by atoms with van der Waals surface area (Å²) in [7, 11) is 0. The lowest BCUT2D eigenvalue weighted by Gasteiger charge is -2.25. The third kappa shape index (κ3) is 4.20. The van der Waals surface area contributed by atoms with Crippen LogP contribution < -0.4 is 4.74 Å². The molecule has 1 aliphatic rings. The number of carbonyl (C=O) groups is 1. The number of ether oxygens (including phenoxy) is 1. The first-order chi connectivity index (χ1) is 14.6. The van der Waals surface area contributed by atoms with Gasteiger partial charge in [-0.1, -0.05) is 25.1 Å². The molecule has 1 saturated heterocycles. The van der Waals surface area contributed by atoms with Crippen LogP contribution in [0.3, 0.4) is 0 Å². The van der Waals surface area contributed by atoms with Gasteiger partial charge in [-0.05, 0) is 68.5 Å². The molecule has 4 rings (SSSR count). The molecule has 2 heterocycles. The Labute approximate surface area is 178 Å². The van der Waals surface area contributed by atoms with Crippen LogP contribution in [0.15, 0.2) is 42.5 Å². The Morgan fingerprint density at radius 1 is 1.17 bits per heavy atom. The fraction of sp³-hybridized carbons (Fsp3) is 0.440. The third-order valence-electron chi connectivity index (χ3n) is 5.85. The molecular formula is C25H31N3O2. The summed E-state index contributed by atoms with van der Waals surface area (Å²) in [6, 6.07) is 14.7. The van der Waals surface area contributed by atoms with Crippen LogP contribution in [0, 0.1) is 13.8 Å². The van der Waals surface area contributed by atoms with Gasteiger partial charge in [0.05, 0.1) is 23.7 Å². The molecule has 30 heavy (non-hydrogen) atoms. The van der Waals surface area contributed by atoms with E-state index in [1.165, 1.54) is 11.1 Å². The smallest absolute Gasteiger partial charge is 0.222 e. The zero-order chi connectivity index (χ0) is 21.1. The first-order valence-electron chi connectivity index (χ1n) is 11.0. The van der Waals surface area contributed by atoms with Crippen LogP contribution >= 0.6 is 0 Å². The summed E-state index contributed by atoms with van der Waals surface area (Å²) in [5.74, 6) is 2.16. The van der Waals surface area contributed by atoms with Crippen molar-refractivity contribution < 1.29 is 9.53 Å². The maximum absolute atomic E-state index is 12.5. The summed E-state index contributed by atoms with van der Waals surface area (Å²) in [5.41, 5.74) is 4.57. The molecule has 0 saturated carbocycles. The highest BCUT2D eigenvalue weighted by Gasteiger charge is 2.32. The summed E-state index contributed by atoms with van der Waals surface area (Å²) in [5, 5.41) is 0. The van der Waals surface area contributed by atoms with Crippen molar-refractivity contribution in [2.45, 2.75) is 59.0 Å². The number of hydrogen-bond acceptors (Lipinski definition) is 3. The number of amides is 1. The minimum Gasteiger partial charge on any atom is -0.494 e. The van der Waals surface area contributed by atoms with E-state index >= 15 is 0 Å². The summed E-state index contributed by atoms with van der Waals surface area (Å²) in [6.45, 7) is 8.42. The highest BCUT2D eigenvalue weighted by molar-refractivity contribution is 5.78. The molecule has 0 bridgehead atoms. The van der Waals surface area contributed by atoms with E-state index in [2.05, 4.69) is 54.8 Å². The molecule has 5 heteroatoms. The molecule has 2 aromatic carbocycles. The lowest BCUT2D eigenvalue weighted by Crippen LogP contribution is -2.31. The Bertz CT molecular complexity index is 1020. The van der Waals surface area contributed by atoms with Gasteiger partial charge in [0.15, 0.2) is 0 Å². The lowest BCUT2D eigenvalue weighted by molar-refractivity contribution is -0.131. The number of hydrogen-bond donors (Lipinski definition) is 0. The van der Waals surface area contributed by atoms with E-state index in [0.29, 0.717) is 13.0 Å². The Morgan fingerprint density at radius 3 is 2.70 bits per heavy atom. The number of aryl methyl sites for hydroxylation is 3. The number of benzene rings is 2. The molecule has 3 aromatic rings. The fourth-order valence-corrected chi connectivity index (χ4v) is 4.55. The number of para-hydroxylation sites is 2. The topological polar surface area (TPSA) is 47.4 Å². The van der Waals surface area contributed by atoms with E-state index in [1.54, 1.807) is 0 Å². The second kappa shape index (κ2) is 8.90. The van der Waals surface area contributed by atoms with E-state index in [-0.39, 0.29) is 11.9 Å². The summed E-state index contributed by atoms with van der Waals surface area (Å²) in [4.78, 5) is 19.4. The Balaban J connectivity index is 1.52.